The SMILES string of the molecule is CNS(=O)(=O)Cc1ccc(CNC(=O)CCc2ccccc2Cl)cc1. The van der Waals surface area contributed by atoms with Gasteiger partial charge in [0.15, 0.2) is 0 Å². The van der Waals surface area contributed by atoms with Gasteiger partial charge >= 0.3 is 0 Å². The van der Waals surface area contributed by atoms with Crippen molar-refractivity contribution in [1.82, 2.24) is 10.0 Å². The van der Waals surface area contributed by atoms with Crippen LogP contribution in [0.25, 0.3) is 0 Å². The molecule has 2 aromatic carbocycles. The molecule has 0 atom stereocenters. The predicted molar refractivity (Wildman–Crippen MR) is 99.7 cm³/mol. The third kappa shape index (κ3) is 6.49. The first-order chi connectivity index (χ1) is 11.9. The molecule has 0 spiro atoms. The summed E-state index contributed by atoms with van der Waals surface area (Å²) in [4.78, 5) is 12.0. The molecule has 0 saturated carbocycles. The van der Waals surface area contributed by atoms with E-state index in [4.69, 9.17) is 11.6 Å². The van der Waals surface area contributed by atoms with Crippen LogP contribution in [0.15, 0.2) is 48.5 Å². The molecular formula is C18H21ClN2O3S. The normalized spacial score (nSPS) is 11.3. The molecule has 0 radical (unpaired) electrons. The molecule has 1 amide bonds. The number of hydrogen-bond donors (Lipinski definition) is 2. The predicted octanol–water partition coefficient (Wildman–Crippen LogP) is 2.64. The number of halogens is 1. The number of amides is 1. The zero-order valence-electron chi connectivity index (χ0n) is 14.0. The van der Waals surface area contributed by atoms with Crippen LogP contribution in [-0.4, -0.2) is 21.4 Å². The standard InChI is InChI=1S/C18H21ClN2O3S/c1-20-25(23,24)13-15-8-6-14(7-9-15)12-21-18(22)11-10-16-4-2-3-5-17(16)19/h2-9,20H,10-13H2,1H3,(H,21,22). The molecule has 5 nitrogen and oxygen atoms in total. The number of sulfonamides is 1. The van der Waals surface area contributed by atoms with Crippen LogP contribution in [0.5, 0.6) is 0 Å². The van der Waals surface area contributed by atoms with Crippen molar-refractivity contribution in [1.29, 1.82) is 0 Å². The number of carbonyl (C=O) groups excluding carboxylic acids is 1. The van der Waals surface area contributed by atoms with E-state index in [1.807, 2.05) is 36.4 Å². The van der Waals surface area contributed by atoms with Crippen LogP contribution in [-0.2, 0) is 33.5 Å². The number of benzene rings is 2. The quantitative estimate of drug-likeness (QED) is 0.739. The summed E-state index contributed by atoms with van der Waals surface area (Å²) in [5.74, 6) is -0.115. The molecule has 2 aromatic rings. The molecule has 134 valence electrons. The first-order valence-electron chi connectivity index (χ1n) is 7.89. The van der Waals surface area contributed by atoms with Gasteiger partial charge in [-0.25, -0.2) is 13.1 Å². The molecule has 25 heavy (non-hydrogen) atoms. The van der Waals surface area contributed by atoms with Gasteiger partial charge in [0.1, 0.15) is 0 Å². The smallest absolute Gasteiger partial charge is 0.220 e. The molecule has 7 heteroatoms. The van der Waals surface area contributed by atoms with Gasteiger partial charge in [-0.05, 0) is 36.2 Å². The average molecular weight is 381 g/mol. The van der Waals surface area contributed by atoms with Gasteiger partial charge < -0.3 is 5.32 Å². The highest BCUT2D eigenvalue weighted by atomic mass is 35.5. The molecular weight excluding hydrogens is 360 g/mol. The Hall–Kier alpha value is -1.89. The zero-order valence-corrected chi connectivity index (χ0v) is 15.5. The van der Waals surface area contributed by atoms with Crippen LogP contribution in [0.4, 0.5) is 0 Å². The lowest BCUT2D eigenvalue weighted by molar-refractivity contribution is -0.121. The highest BCUT2D eigenvalue weighted by Gasteiger charge is 2.09. The van der Waals surface area contributed by atoms with Crippen molar-refractivity contribution < 1.29 is 13.2 Å². The second-order valence-electron chi connectivity index (χ2n) is 5.65. The van der Waals surface area contributed by atoms with E-state index in [0.29, 0.717) is 30.0 Å². The van der Waals surface area contributed by atoms with Crippen molar-refractivity contribution in [3.8, 4) is 0 Å². The number of aryl methyl sites for hydroxylation is 1. The molecule has 2 rings (SSSR count). The molecule has 0 bridgehead atoms. The maximum Gasteiger partial charge on any atom is 0.220 e. The summed E-state index contributed by atoms with van der Waals surface area (Å²) in [6.45, 7) is 0.403. The highest BCUT2D eigenvalue weighted by Crippen LogP contribution is 2.16. The fraction of sp³-hybridized carbons (Fsp3) is 0.278. The van der Waals surface area contributed by atoms with E-state index < -0.39 is 10.0 Å². The third-order valence-electron chi connectivity index (χ3n) is 3.76. The van der Waals surface area contributed by atoms with E-state index in [0.717, 1.165) is 11.1 Å². The molecule has 0 heterocycles. The zero-order chi connectivity index (χ0) is 18.3. The molecule has 0 aromatic heterocycles. The minimum absolute atomic E-state index is 0.0539. The van der Waals surface area contributed by atoms with E-state index in [1.165, 1.54) is 7.05 Å². The number of rotatable bonds is 8. The molecule has 0 saturated heterocycles. The summed E-state index contributed by atoms with van der Waals surface area (Å²) in [7, 11) is -1.89. The van der Waals surface area contributed by atoms with Gasteiger partial charge in [-0.2, -0.15) is 0 Å². The maximum atomic E-state index is 12.0. The summed E-state index contributed by atoms with van der Waals surface area (Å²) in [6.07, 6.45) is 0.953. The molecule has 0 aliphatic rings. The van der Waals surface area contributed by atoms with Gasteiger partial charge in [0.05, 0.1) is 5.75 Å². The summed E-state index contributed by atoms with van der Waals surface area (Å²) < 4.78 is 25.3. The molecule has 0 fully saturated rings. The van der Waals surface area contributed by atoms with E-state index in [-0.39, 0.29) is 11.7 Å². The van der Waals surface area contributed by atoms with E-state index >= 15 is 0 Å². The Balaban J connectivity index is 1.81. The molecule has 2 N–H and O–H groups in total. The summed E-state index contributed by atoms with van der Waals surface area (Å²) in [6, 6.07) is 14.6. The number of hydrogen-bond acceptors (Lipinski definition) is 3. The van der Waals surface area contributed by atoms with Gasteiger partial charge in [0, 0.05) is 18.0 Å². The topological polar surface area (TPSA) is 75.3 Å². The van der Waals surface area contributed by atoms with Crippen molar-refractivity contribution >= 4 is 27.5 Å². The third-order valence-corrected chi connectivity index (χ3v) is 5.46. The van der Waals surface area contributed by atoms with E-state index in [9.17, 15) is 13.2 Å². The van der Waals surface area contributed by atoms with Crippen molar-refractivity contribution in [2.75, 3.05) is 7.05 Å². The Bertz CT molecular complexity index is 820. The lowest BCUT2D eigenvalue weighted by atomic mass is 10.1. The highest BCUT2D eigenvalue weighted by molar-refractivity contribution is 7.88. The van der Waals surface area contributed by atoms with E-state index in [2.05, 4.69) is 10.0 Å². The Morgan fingerprint density at radius 3 is 2.32 bits per heavy atom. The fourth-order valence-electron chi connectivity index (χ4n) is 2.28. The average Bonchev–Trinajstić information content (AvgIpc) is 2.60. The largest absolute Gasteiger partial charge is 0.352 e. The Kier molecular flexibility index (Phi) is 6.99. The minimum Gasteiger partial charge on any atom is -0.352 e. The van der Waals surface area contributed by atoms with Gasteiger partial charge in [0.2, 0.25) is 15.9 Å². The molecule has 0 aliphatic carbocycles. The van der Waals surface area contributed by atoms with Crippen LogP contribution in [0.1, 0.15) is 23.1 Å². The summed E-state index contributed by atoms with van der Waals surface area (Å²) in [5, 5.41) is 3.52. The fourth-order valence-corrected chi connectivity index (χ4v) is 3.29. The maximum absolute atomic E-state index is 12.0. The van der Waals surface area contributed by atoms with Crippen LogP contribution >= 0.6 is 11.6 Å². The van der Waals surface area contributed by atoms with Crippen LogP contribution < -0.4 is 10.0 Å². The Labute approximate surface area is 153 Å². The minimum atomic E-state index is -3.28. The summed E-state index contributed by atoms with van der Waals surface area (Å²) in [5.41, 5.74) is 2.56. The Morgan fingerprint density at radius 2 is 1.68 bits per heavy atom. The van der Waals surface area contributed by atoms with Crippen molar-refractivity contribution in [2.45, 2.75) is 25.1 Å². The van der Waals surface area contributed by atoms with Crippen LogP contribution in [0, 0.1) is 0 Å². The van der Waals surface area contributed by atoms with Gasteiger partial charge in [-0.3, -0.25) is 4.79 Å². The molecule has 0 unspecified atom stereocenters. The van der Waals surface area contributed by atoms with E-state index in [1.54, 1.807) is 12.1 Å². The van der Waals surface area contributed by atoms with Crippen molar-refractivity contribution in [3.05, 3.63) is 70.2 Å². The lowest BCUT2D eigenvalue weighted by Crippen LogP contribution is -2.23. The first kappa shape index (κ1) is 19.4. The first-order valence-corrected chi connectivity index (χ1v) is 9.92. The van der Waals surface area contributed by atoms with Crippen molar-refractivity contribution in [2.24, 2.45) is 0 Å². The summed E-state index contributed by atoms with van der Waals surface area (Å²) >= 11 is 6.07. The van der Waals surface area contributed by atoms with Gasteiger partial charge in [0.25, 0.3) is 0 Å². The lowest BCUT2D eigenvalue weighted by Gasteiger charge is -2.08. The Morgan fingerprint density at radius 1 is 1.04 bits per heavy atom. The number of nitrogens with one attached hydrogen (secondary N) is 2. The monoisotopic (exact) mass is 380 g/mol. The van der Waals surface area contributed by atoms with Gasteiger partial charge in [-0.1, -0.05) is 54.1 Å². The van der Waals surface area contributed by atoms with Gasteiger partial charge in [-0.15, -0.1) is 0 Å². The second-order valence-corrected chi connectivity index (χ2v) is 7.98. The van der Waals surface area contributed by atoms with Crippen molar-refractivity contribution in [3.63, 3.8) is 0 Å². The van der Waals surface area contributed by atoms with Crippen LogP contribution in [0.3, 0.4) is 0 Å². The second kappa shape index (κ2) is 8.99. The van der Waals surface area contributed by atoms with Crippen LogP contribution in [0.2, 0.25) is 5.02 Å². The molecule has 0 aliphatic heterocycles. The number of carbonyl (C=O) groups is 1.